The molecular weight excluding hydrogens is 310 g/mol. The van der Waals surface area contributed by atoms with E-state index in [-0.39, 0.29) is 47.0 Å². The van der Waals surface area contributed by atoms with Crippen molar-refractivity contribution in [2.45, 2.75) is 33.2 Å². The quantitative estimate of drug-likeness (QED) is 0.776. The largest absolute Gasteiger partial charge is 0.481 e. The van der Waals surface area contributed by atoms with Gasteiger partial charge in [-0.1, -0.05) is 0 Å². The van der Waals surface area contributed by atoms with E-state index in [1.165, 1.54) is 7.11 Å². The third kappa shape index (κ3) is 0.810. The zero-order chi connectivity index (χ0) is 17.6. The van der Waals surface area contributed by atoms with Crippen LogP contribution in [0.2, 0.25) is 0 Å². The maximum Gasteiger partial charge on any atom is 0.312 e. The molecule has 0 aromatic carbocycles. The summed E-state index contributed by atoms with van der Waals surface area (Å²) in [5, 5.41) is 9.98. The summed E-state index contributed by atoms with van der Waals surface area (Å²) in [5.41, 5.74) is -2.64. The fourth-order valence-corrected chi connectivity index (χ4v) is 8.30. The highest BCUT2D eigenvalue weighted by Crippen LogP contribution is 3.14. The van der Waals surface area contributed by atoms with Crippen molar-refractivity contribution in [3.05, 3.63) is 0 Å². The topological polar surface area (TPSA) is 83.9 Å². The molecule has 6 aliphatic carbocycles. The summed E-state index contributed by atoms with van der Waals surface area (Å²) in [6.45, 7) is 8.47. The molecule has 0 aromatic rings. The number of ether oxygens (including phenoxy) is 1. The van der Waals surface area contributed by atoms with Crippen molar-refractivity contribution in [3.8, 4) is 0 Å². The third-order valence-electron chi connectivity index (χ3n) is 8.41. The van der Waals surface area contributed by atoms with Crippen molar-refractivity contribution in [2.24, 2.45) is 45.8 Å². The van der Waals surface area contributed by atoms with Crippen LogP contribution in [0.15, 0.2) is 0 Å². The second kappa shape index (κ2) is 3.37. The Balaban J connectivity index is 1.56. The lowest BCUT2D eigenvalue weighted by molar-refractivity contribution is -0.657. The maximum absolute atomic E-state index is 13.4. The smallest absolute Gasteiger partial charge is 0.312 e. The number of carboxylic acid groups (broad SMARTS) is 1. The molecular formula is C18H23NO5. The van der Waals surface area contributed by atoms with Gasteiger partial charge in [0.05, 0.1) is 23.4 Å². The summed E-state index contributed by atoms with van der Waals surface area (Å²) in [7, 11) is 1.37. The molecule has 0 saturated heterocycles. The van der Waals surface area contributed by atoms with E-state index in [4.69, 9.17) is 4.74 Å². The van der Waals surface area contributed by atoms with Gasteiger partial charge in [-0.2, -0.15) is 0 Å². The minimum atomic E-state index is -0.999. The van der Waals surface area contributed by atoms with E-state index in [1.807, 2.05) is 32.6 Å². The number of hydrogen-bond acceptors (Lipinski definition) is 4. The van der Waals surface area contributed by atoms with Crippen LogP contribution in [0.1, 0.15) is 27.7 Å². The number of aliphatic carboxylic acids is 1. The zero-order valence-corrected chi connectivity index (χ0v) is 14.6. The van der Waals surface area contributed by atoms with Gasteiger partial charge in [0.2, 0.25) is 5.91 Å². The predicted molar refractivity (Wildman–Crippen MR) is 81.5 cm³/mol. The first-order valence-corrected chi connectivity index (χ1v) is 8.77. The summed E-state index contributed by atoms with van der Waals surface area (Å²) in [6, 6.07) is 0. The van der Waals surface area contributed by atoms with Gasteiger partial charge in [0.15, 0.2) is 0 Å². The lowest BCUT2D eigenvalue weighted by Crippen LogP contribution is -3.17. The van der Waals surface area contributed by atoms with Crippen LogP contribution in [0.3, 0.4) is 0 Å². The molecule has 130 valence electrons. The molecule has 0 bridgehead atoms. The molecule has 6 aliphatic rings. The van der Waals surface area contributed by atoms with Crippen LogP contribution in [0, 0.1) is 45.8 Å². The Morgan fingerprint density at radius 1 is 1.08 bits per heavy atom. The number of carbonyl (C=O) groups excluding carboxylic acids is 2. The van der Waals surface area contributed by atoms with E-state index < -0.39 is 22.2 Å². The fraction of sp³-hybridized carbons (Fsp3) is 0.833. The highest BCUT2D eigenvalue weighted by molar-refractivity contribution is 6.08. The number of hydrogen-bond donors (Lipinski definition) is 1. The van der Waals surface area contributed by atoms with Crippen LogP contribution >= 0.6 is 0 Å². The van der Waals surface area contributed by atoms with Gasteiger partial charge in [0.1, 0.15) is 0 Å². The summed E-state index contributed by atoms with van der Waals surface area (Å²) in [6.07, 6.45) is 0. The first-order valence-electron chi connectivity index (χ1n) is 8.77. The minimum Gasteiger partial charge on any atom is -0.481 e. The molecule has 6 saturated carbocycles. The molecule has 6 fully saturated rings. The molecule has 6 rings (SSSR count). The molecule has 1 amide bonds. The molecule has 4 atom stereocenters. The number of nitrogens with zero attached hydrogens (tertiary/aromatic N) is 1. The Morgan fingerprint density at radius 2 is 1.62 bits per heavy atom. The Bertz CT molecular complexity index is 714. The van der Waals surface area contributed by atoms with E-state index in [0.29, 0.717) is 6.54 Å². The summed E-state index contributed by atoms with van der Waals surface area (Å²) >= 11 is 0. The summed E-state index contributed by atoms with van der Waals surface area (Å²) < 4.78 is 4.97. The van der Waals surface area contributed by atoms with Crippen molar-refractivity contribution in [1.82, 2.24) is 4.90 Å². The Hall–Kier alpha value is -1.59. The maximum atomic E-state index is 13.4. The number of carbonyl (C=O) groups is 3. The van der Waals surface area contributed by atoms with E-state index in [2.05, 4.69) is 0 Å². The van der Waals surface area contributed by atoms with Crippen LogP contribution < -0.4 is 0 Å². The van der Waals surface area contributed by atoms with Gasteiger partial charge in [0, 0.05) is 12.1 Å². The van der Waals surface area contributed by atoms with E-state index in [1.54, 1.807) is 0 Å². The van der Waals surface area contributed by atoms with E-state index in [0.717, 1.165) is 0 Å². The van der Waals surface area contributed by atoms with Gasteiger partial charge in [-0.15, -0.1) is 0 Å². The molecule has 6 nitrogen and oxygen atoms in total. The minimum absolute atomic E-state index is 0.00295. The molecule has 0 radical (unpaired) electrons. The molecule has 0 spiro atoms. The summed E-state index contributed by atoms with van der Waals surface area (Å²) in [5.74, 6) is -1.18. The molecule has 4 unspecified atom stereocenters. The number of carboxylic acids is 1. The van der Waals surface area contributed by atoms with Gasteiger partial charge in [-0.3, -0.25) is 14.4 Å². The Kier molecular flexibility index (Phi) is 2.07. The van der Waals surface area contributed by atoms with Crippen LogP contribution in [0.4, 0.5) is 0 Å². The van der Waals surface area contributed by atoms with Crippen molar-refractivity contribution in [2.75, 3.05) is 13.7 Å². The average Bonchev–Trinajstić information content (AvgIpc) is 2.51. The number of esters is 1. The highest BCUT2D eigenvalue weighted by Gasteiger charge is 3.20. The third-order valence-corrected chi connectivity index (χ3v) is 8.41. The van der Waals surface area contributed by atoms with Crippen LogP contribution in [-0.4, -0.2) is 47.0 Å². The first kappa shape index (κ1) is 14.7. The number of rotatable bonds is 4. The first-order chi connectivity index (χ1) is 11.1. The number of amides is 1. The van der Waals surface area contributed by atoms with Gasteiger partial charge < -0.3 is 14.7 Å². The standard InChI is InChI=1S/C18H23NO5/c1-6-19(15(2,3)4)12(20)17-8-7-9(17)11-16(7,14(23)24-5)10(8)18(11,17)13(21)22/h7-11H,6H2,1-5H3,(H,21,22). The predicted octanol–water partition coefficient (Wildman–Crippen LogP) is 0.999. The van der Waals surface area contributed by atoms with Crippen molar-refractivity contribution < 1.29 is 24.2 Å². The van der Waals surface area contributed by atoms with E-state index in [9.17, 15) is 19.5 Å². The van der Waals surface area contributed by atoms with Gasteiger partial charge in [0.25, 0.3) is 0 Å². The van der Waals surface area contributed by atoms with E-state index >= 15 is 0 Å². The Labute approximate surface area is 140 Å². The molecule has 0 heterocycles. The Morgan fingerprint density at radius 3 is 2.00 bits per heavy atom. The van der Waals surface area contributed by atoms with Crippen LogP contribution in [0.25, 0.3) is 0 Å². The zero-order valence-electron chi connectivity index (χ0n) is 14.6. The molecule has 1 N–H and O–H groups in total. The van der Waals surface area contributed by atoms with Crippen molar-refractivity contribution in [3.63, 3.8) is 0 Å². The molecule has 0 aliphatic heterocycles. The lowest BCUT2D eigenvalue weighted by Gasteiger charge is -3.11. The fourth-order valence-electron chi connectivity index (χ4n) is 8.30. The second-order valence-electron chi connectivity index (χ2n) is 9.22. The molecule has 24 heavy (non-hydrogen) atoms. The lowest BCUT2D eigenvalue weighted by atomic mass is 8.88. The van der Waals surface area contributed by atoms with Gasteiger partial charge in [-0.25, -0.2) is 0 Å². The van der Waals surface area contributed by atoms with Crippen LogP contribution in [0.5, 0.6) is 0 Å². The van der Waals surface area contributed by atoms with Crippen molar-refractivity contribution >= 4 is 17.8 Å². The normalized spacial score (nSPS) is 53.3. The van der Waals surface area contributed by atoms with Gasteiger partial charge in [-0.05, 0) is 57.3 Å². The molecule has 6 heteroatoms. The monoisotopic (exact) mass is 333 g/mol. The van der Waals surface area contributed by atoms with Crippen molar-refractivity contribution in [1.29, 1.82) is 0 Å². The molecule has 0 aromatic heterocycles. The highest BCUT2D eigenvalue weighted by atomic mass is 16.5. The van der Waals surface area contributed by atoms with Gasteiger partial charge >= 0.3 is 11.9 Å². The SMILES string of the molecule is CCN(C(=O)C12C3C4C1C1C4(C(=O)OC)C3C12C(=O)O)C(C)(C)C. The second-order valence-corrected chi connectivity index (χ2v) is 9.22. The number of methoxy groups -OCH3 is 1. The average molecular weight is 333 g/mol. The summed E-state index contributed by atoms with van der Waals surface area (Å²) in [4.78, 5) is 39.7. The van der Waals surface area contributed by atoms with Crippen LogP contribution in [-0.2, 0) is 19.1 Å².